The predicted octanol–water partition coefficient (Wildman–Crippen LogP) is 2.26. The molecule has 1 atom stereocenters. The van der Waals surface area contributed by atoms with Crippen LogP contribution in [0.2, 0.25) is 0 Å². The van der Waals surface area contributed by atoms with Gasteiger partial charge < -0.3 is 9.80 Å². The van der Waals surface area contributed by atoms with Gasteiger partial charge in [0, 0.05) is 28.9 Å². The smallest absolute Gasteiger partial charge is 0.269 e. The van der Waals surface area contributed by atoms with Crippen molar-refractivity contribution in [3.63, 3.8) is 0 Å². The Morgan fingerprint density at radius 3 is 2.38 bits per heavy atom. The molecule has 2 aromatic rings. The van der Waals surface area contributed by atoms with Crippen LogP contribution >= 0.6 is 0 Å². The van der Waals surface area contributed by atoms with Crippen LogP contribution < -0.4 is 9.80 Å². The number of carbonyl (C=O) groups excluding carboxylic acids is 1. The number of quaternary nitrogens is 1. The first kappa shape index (κ1) is 18.1. The van der Waals surface area contributed by atoms with Crippen LogP contribution in [0.25, 0.3) is 0 Å². The van der Waals surface area contributed by atoms with Crippen LogP contribution in [0.3, 0.4) is 0 Å². The van der Waals surface area contributed by atoms with E-state index in [9.17, 15) is 14.9 Å². The van der Waals surface area contributed by atoms with Crippen molar-refractivity contribution in [2.75, 3.05) is 31.1 Å². The summed E-state index contributed by atoms with van der Waals surface area (Å²) in [4.78, 5) is 25.8. The number of nitro benzene ring substituents is 1. The number of rotatable bonds is 5. The van der Waals surface area contributed by atoms with E-state index in [0.717, 1.165) is 43.0 Å². The van der Waals surface area contributed by atoms with Crippen LogP contribution in [-0.2, 0) is 0 Å². The lowest BCUT2D eigenvalue weighted by molar-refractivity contribution is -0.930. The average Bonchev–Trinajstić information content (AvgIpc) is 2.67. The van der Waals surface area contributed by atoms with Crippen LogP contribution in [0.15, 0.2) is 48.5 Å². The number of anilines is 1. The molecule has 0 unspecified atom stereocenters. The molecule has 0 bridgehead atoms. The SMILES string of the molecule is CC(=O)c1ccc(N2CC[NH+]([C@@H](C)c3cccc([N+](=O)[O-])c3)CC2)cc1. The number of piperazine rings is 1. The summed E-state index contributed by atoms with van der Waals surface area (Å²) < 4.78 is 0. The van der Waals surface area contributed by atoms with Crippen LogP contribution in [0.1, 0.15) is 35.8 Å². The quantitative estimate of drug-likeness (QED) is 0.508. The molecule has 0 spiro atoms. The van der Waals surface area contributed by atoms with Gasteiger partial charge in [-0.15, -0.1) is 0 Å². The first-order valence-electron chi connectivity index (χ1n) is 8.90. The molecule has 136 valence electrons. The van der Waals surface area contributed by atoms with E-state index in [0.29, 0.717) is 0 Å². The fourth-order valence-electron chi connectivity index (χ4n) is 3.54. The van der Waals surface area contributed by atoms with Gasteiger partial charge in [0.1, 0.15) is 6.04 Å². The Balaban J connectivity index is 1.63. The van der Waals surface area contributed by atoms with Crippen molar-refractivity contribution in [1.82, 2.24) is 0 Å². The van der Waals surface area contributed by atoms with Gasteiger partial charge in [-0.1, -0.05) is 12.1 Å². The molecule has 2 aromatic carbocycles. The molecular formula is C20H24N3O3+. The summed E-state index contributed by atoms with van der Waals surface area (Å²) in [5.74, 6) is 0.0802. The van der Waals surface area contributed by atoms with Crippen molar-refractivity contribution in [1.29, 1.82) is 0 Å². The monoisotopic (exact) mass is 354 g/mol. The molecule has 1 fully saturated rings. The van der Waals surface area contributed by atoms with E-state index >= 15 is 0 Å². The second-order valence-corrected chi connectivity index (χ2v) is 6.82. The Bertz CT molecular complexity index is 796. The van der Waals surface area contributed by atoms with Crippen molar-refractivity contribution in [2.45, 2.75) is 19.9 Å². The van der Waals surface area contributed by atoms with Crippen LogP contribution in [0, 0.1) is 10.1 Å². The third-order valence-electron chi connectivity index (χ3n) is 5.24. The molecule has 6 heteroatoms. The first-order chi connectivity index (χ1) is 12.5. The summed E-state index contributed by atoms with van der Waals surface area (Å²) in [5, 5.41) is 11.0. The molecule has 0 saturated carbocycles. The van der Waals surface area contributed by atoms with Crippen LogP contribution in [-0.4, -0.2) is 36.9 Å². The fraction of sp³-hybridized carbons (Fsp3) is 0.350. The maximum absolute atomic E-state index is 11.4. The minimum atomic E-state index is -0.339. The Hall–Kier alpha value is -2.73. The Kier molecular flexibility index (Phi) is 5.32. The maximum Gasteiger partial charge on any atom is 0.269 e. The van der Waals surface area contributed by atoms with E-state index in [-0.39, 0.29) is 22.4 Å². The highest BCUT2D eigenvalue weighted by Gasteiger charge is 2.26. The number of ketones is 1. The number of non-ortho nitro benzene ring substituents is 1. The highest BCUT2D eigenvalue weighted by molar-refractivity contribution is 5.94. The van der Waals surface area contributed by atoms with E-state index in [4.69, 9.17) is 0 Å². The summed E-state index contributed by atoms with van der Waals surface area (Å²) in [6.45, 7) is 7.50. The molecule has 1 heterocycles. The van der Waals surface area contributed by atoms with Gasteiger partial charge in [0.25, 0.3) is 5.69 Å². The lowest BCUT2D eigenvalue weighted by Crippen LogP contribution is -3.14. The highest BCUT2D eigenvalue weighted by Crippen LogP contribution is 2.19. The number of hydrogen-bond donors (Lipinski definition) is 1. The maximum atomic E-state index is 11.4. The third kappa shape index (κ3) is 3.91. The lowest BCUT2D eigenvalue weighted by Gasteiger charge is -2.36. The molecule has 1 N–H and O–H groups in total. The van der Waals surface area contributed by atoms with Gasteiger partial charge in [0.2, 0.25) is 0 Å². The van der Waals surface area contributed by atoms with Crippen molar-refractivity contribution >= 4 is 17.2 Å². The molecule has 0 radical (unpaired) electrons. The van der Waals surface area contributed by atoms with Gasteiger partial charge in [0.05, 0.1) is 31.1 Å². The van der Waals surface area contributed by atoms with Gasteiger partial charge in [-0.2, -0.15) is 0 Å². The number of carbonyl (C=O) groups is 1. The minimum absolute atomic E-state index is 0.0802. The van der Waals surface area contributed by atoms with Gasteiger partial charge in [-0.05, 0) is 38.1 Å². The van der Waals surface area contributed by atoms with Gasteiger partial charge in [-0.25, -0.2) is 0 Å². The molecule has 1 saturated heterocycles. The van der Waals surface area contributed by atoms with Gasteiger partial charge in [-0.3, -0.25) is 14.9 Å². The minimum Gasteiger partial charge on any atom is -0.360 e. The Morgan fingerprint density at radius 1 is 1.15 bits per heavy atom. The summed E-state index contributed by atoms with van der Waals surface area (Å²) in [6, 6.07) is 14.9. The normalized spacial score (nSPS) is 16.3. The topological polar surface area (TPSA) is 67.9 Å². The fourth-order valence-corrected chi connectivity index (χ4v) is 3.54. The molecule has 0 aliphatic carbocycles. The van der Waals surface area contributed by atoms with Crippen molar-refractivity contribution in [3.8, 4) is 0 Å². The number of benzene rings is 2. The van der Waals surface area contributed by atoms with Crippen molar-refractivity contribution in [2.24, 2.45) is 0 Å². The Morgan fingerprint density at radius 2 is 1.81 bits per heavy atom. The number of Topliss-reactive ketones (excluding diaryl/α,β-unsaturated/α-hetero) is 1. The zero-order chi connectivity index (χ0) is 18.7. The van der Waals surface area contributed by atoms with E-state index in [1.165, 1.54) is 11.0 Å². The zero-order valence-electron chi connectivity index (χ0n) is 15.1. The third-order valence-corrected chi connectivity index (χ3v) is 5.24. The van der Waals surface area contributed by atoms with Crippen molar-refractivity contribution < 1.29 is 14.6 Å². The standard InChI is InChI=1S/C20H23N3O3/c1-15(18-4-3-5-20(14-18)23(25)26)21-10-12-22(13-11-21)19-8-6-17(7-9-19)16(2)24/h3-9,14-15H,10-13H2,1-2H3/p+1/t15-/m0/s1. The zero-order valence-corrected chi connectivity index (χ0v) is 15.1. The number of hydrogen-bond acceptors (Lipinski definition) is 4. The number of nitrogens with one attached hydrogen (secondary N) is 1. The molecule has 3 rings (SSSR count). The summed E-state index contributed by atoms with van der Waals surface area (Å²) >= 11 is 0. The Labute approximate surface area is 153 Å². The molecular weight excluding hydrogens is 330 g/mol. The molecule has 0 amide bonds. The molecule has 6 nitrogen and oxygen atoms in total. The van der Waals surface area contributed by atoms with E-state index in [2.05, 4.69) is 11.8 Å². The van der Waals surface area contributed by atoms with Crippen molar-refractivity contribution in [3.05, 3.63) is 69.8 Å². The van der Waals surface area contributed by atoms with Crippen LogP contribution in [0.4, 0.5) is 11.4 Å². The lowest BCUT2D eigenvalue weighted by atomic mass is 10.0. The molecule has 1 aliphatic heterocycles. The molecule has 1 aliphatic rings. The highest BCUT2D eigenvalue weighted by atomic mass is 16.6. The molecule has 0 aromatic heterocycles. The predicted molar refractivity (Wildman–Crippen MR) is 101 cm³/mol. The summed E-state index contributed by atoms with van der Waals surface area (Å²) in [5.41, 5.74) is 3.03. The number of nitrogens with zero attached hydrogens (tertiary/aromatic N) is 2. The number of nitro groups is 1. The van der Waals surface area contributed by atoms with E-state index in [1.54, 1.807) is 19.1 Å². The summed E-state index contributed by atoms with van der Waals surface area (Å²) in [7, 11) is 0. The van der Waals surface area contributed by atoms with Crippen LogP contribution in [0.5, 0.6) is 0 Å². The van der Waals surface area contributed by atoms with E-state index in [1.807, 2.05) is 30.3 Å². The van der Waals surface area contributed by atoms with Gasteiger partial charge >= 0.3 is 0 Å². The molecule has 26 heavy (non-hydrogen) atoms. The second kappa shape index (κ2) is 7.66. The average molecular weight is 354 g/mol. The van der Waals surface area contributed by atoms with E-state index < -0.39 is 0 Å². The van der Waals surface area contributed by atoms with Gasteiger partial charge in [0.15, 0.2) is 5.78 Å². The summed E-state index contributed by atoms with van der Waals surface area (Å²) in [6.07, 6.45) is 0. The second-order valence-electron chi connectivity index (χ2n) is 6.82. The first-order valence-corrected chi connectivity index (χ1v) is 8.90. The largest absolute Gasteiger partial charge is 0.360 e.